The quantitative estimate of drug-likeness (QED) is 0.456. The third-order valence-corrected chi connectivity index (χ3v) is 8.24. The first-order chi connectivity index (χ1) is 15.8. The maximum absolute atomic E-state index is 14.4. The van der Waals surface area contributed by atoms with Crippen LogP contribution in [0.4, 0.5) is 5.69 Å². The van der Waals surface area contributed by atoms with Crippen molar-refractivity contribution in [2.45, 2.75) is 11.5 Å². The van der Waals surface area contributed by atoms with Gasteiger partial charge < -0.3 is 5.32 Å². The highest BCUT2D eigenvalue weighted by atomic mass is 79.9. The Morgan fingerprint density at radius 1 is 0.970 bits per heavy atom. The molecule has 1 amide bonds. The van der Waals surface area contributed by atoms with Crippen LogP contribution in [0.25, 0.3) is 0 Å². The smallest absolute Gasteiger partial charge is 0.251 e. The summed E-state index contributed by atoms with van der Waals surface area (Å²) in [4.78, 5) is 44.5. The summed E-state index contributed by atoms with van der Waals surface area (Å²) < 4.78 is 0.893. The molecule has 5 nitrogen and oxygen atoms in total. The number of nitrogens with one attached hydrogen (secondary N) is 1. The normalized spacial score (nSPS) is 25.1. The first-order valence-corrected chi connectivity index (χ1v) is 11.8. The molecular formula is C26H18BrClN2O3. The van der Waals surface area contributed by atoms with Crippen molar-refractivity contribution in [2.75, 3.05) is 18.9 Å². The van der Waals surface area contributed by atoms with Crippen LogP contribution < -0.4 is 5.32 Å². The Hall–Kier alpha value is -2.80. The lowest BCUT2D eigenvalue weighted by atomic mass is 9.58. The lowest BCUT2D eigenvalue weighted by molar-refractivity contribution is -0.128. The Balaban J connectivity index is 1.73. The van der Waals surface area contributed by atoms with Gasteiger partial charge in [0.15, 0.2) is 11.6 Å². The van der Waals surface area contributed by atoms with Crippen LogP contribution in [0.3, 0.4) is 0 Å². The Kier molecular flexibility index (Phi) is 4.32. The summed E-state index contributed by atoms with van der Waals surface area (Å²) in [6, 6.07) is 19.6. The van der Waals surface area contributed by atoms with Gasteiger partial charge >= 0.3 is 0 Å². The number of ketones is 2. The fourth-order valence-electron chi connectivity index (χ4n) is 6.23. The van der Waals surface area contributed by atoms with Crippen LogP contribution in [0.1, 0.15) is 37.8 Å². The molecule has 0 aromatic heterocycles. The number of amides is 1. The summed E-state index contributed by atoms with van der Waals surface area (Å²) in [6.07, 6.45) is 0. The van der Waals surface area contributed by atoms with Gasteiger partial charge in [0.1, 0.15) is 11.0 Å². The number of carbonyl (C=O) groups is 3. The van der Waals surface area contributed by atoms with E-state index in [0.29, 0.717) is 33.9 Å². The van der Waals surface area contributed by atoms with Crippen LogP contribution in [0.2, 0.25) is 5.02 Å². The maximum atomic E-state index is 14.4. The van der Waals surface area contributed by atoms with Crippen LogP contribution >= 0.6 is 27.5 Å². The molecule has 6 rings (SSSR count). The maximum Gasteiger partial charge on any atom is 0.251 e. The number of likely N-dealkylation sites (tertiary alicyclic amines) is 1. The van der Waals surface area contributed by atoms with E-state index in [4.69, 9.17) is 11.6 Å². The summed E-state index contributed by atoms with van der Waals surface area (Å²) >= 11 is 9.84. The molecule has 1 fully saturated rings. The first kappa shape index (κ1) is 20.8. The molecule has 3 aliphatic rings. The van der Waals surface area contributed by atoms with Crippen molar-refractivity contribution in [3.05, 3.63) is 98.5 Å². The van der Waals surface area contributed by atoms with Crippen molar-refractivity contribution in [2.24, 2.45) is 5.41 Å². The molecule has 1 N–H and O–H groups in total. The largest absolute Gasteiger partial charge is 0.324 e. The molecule has 3 aromatic rings. The van der Waals surface area contributed by atoms with Gasteiger partial charge in [0.2, 0.25) is 0 Å². The van der Waals surface area contributed by atoms with Crippen molar-refractivity contribution in [1.82, 2.24) is 4.90 Å². The molecule has 7 heteroatoms. The predicted octanol–water partition coefficient (Wildman–Crippen LogP) is 5.04. The number of likely N-dealkylation sites (N-methyl/N-ethyl adjacent to an activating group) is 1. The zero-order chi connectivity index (χ0) is 23.1. The molecule has 2 aliphatic heterocycles. The molecule has 0 bridgehead atoms. The molecule has 0 saturated carbocycles. The lowest BCUT2D eigenvalue weighted by Crippen LogP contribution is -2.60. The van der Waals surface area contributed by atoms with Crippen LogP contribution in [0.5, 0.6) is 0 Å². The van der Waals surface area contributed by atoms with Gasteiger partial charge in [-0.2, -0.15) is 0 Å². The Bertz CT molecular complexity index is 1350. The molecule has 1 aliphatic carbocycles. The van der Waals surface area contributed by atoms with Crippen molar-refractivity contribution in [3.63, 3.8) is 0 Å². The summed E-state index contributed by atoms with van der Waals surface area (Å²) in [7, 11) is 1.81. The van der Waals surface area contributed by atoms with E-state index in [1.807, 2.05) is 29.2 Å². The second-order valence-electron chi connectivity index (χ2n) is 8.85. The number of nitrogens with zero attached hydrogens (tertiary/aromatic N) is 1. The first-order valence-electron chi connectivity index (χ1n) is 10.6. The molecule has 33 heavy (non-hydrogen) atoms. The van der Waals surface area contributed by atoms with Crippen molar-refractivity contribution in [3.8, 4) is 0 Å². The molecule has 164 valence electrons. The van der Waals surface area contributed by atoms with Gasteiger partial charge in [-0.1, -0.05) is 63.9 Å². The molecule has 2 atom stereocenters. The van der Waals surface area contributed by atoms with E-state index in [0.717, 1.165) is 10.0 Å². The second-order valence-corrected chi connectivity index (χ2v) is 10.2. The van der Waals surface area contributed by atoms with Crippen molar-refractivity contribution >= 4 is 50.7 Å². The Morgan fingerprint density at radius 3 is 2.24 bits per heavy atom. The average molecular weight is 522 g/mol. The number of rotatable bonds is 1. The zero-order valence-electron chi connectivity index (χ0n) is 17.6. The number of hydrogen-bond donors (Lipinski definition) is 1. The highest BCUT2D eigenvalue weighted by Gasteiger charge is 2.78. The van der Waals surface area contributed by atoms with Crippen LogP contribution in [-0.4, -0.2) is 36.0 Å². The van der Waals surface area contributed by atoms with E-state index < -0.39 is 16.9 Å². The number of hydrogen-bond acceptors (Lipinski definition) is 4. The SMILES string of the molecule is CN1C[C@H](c2ccc(Br)cc2)C2(C(=O)c3ccccc3C2=O)[C@@]12C(=O)Nc1ccc(Cl)cc12. The van der Waals surface area contributed by atoms with E-state index in [-0.39, 0.29) is 17.5 Å². The topological polar surface area (TPSA) is 66.5 Å². The summed E-state index contributed by atoms with van der Waals surface area (Å²) in [5, 5.41) is 3.38. The van der Waals surface area contributed by atoms with E-state index in [1.54, 1.807) is 49.5 Å². The molecule has 1 saturated heterocycles. The van der Waals surface area contributed by atoms with E-state index in [9.17, 15) is 14.4 Å². The highest BCUT2D eigenvalue weighted by molar-refractivity contribution is 9.10. The molecule has 2 spiro atoms. The van der Waals surface area contributed by atoms with Gasteiger partial charge in [-0.25, -0.2) is 0 Å². The minimum atomic E-state index is -1.65. The average Bonchev–Trinajstić information content (AvgIpc) is 3.34. The molecular weight excluding hydrogens is 504 g/mol. The van der Waals surface area contributed by atoms with Gasteiger partial charge in [-0.15, -0.1) is 0 Å². The van der Waals surface area contributed by atoms with Gasteiger partial charge in [0.05, 0.1) is 0 Å². The van der Waals surface area contributed by atoms with Gasteiger partial charge in [0.25, 0.3) is 5.91 Å². The number of benzene rings is 3. The summed E-state index contributed by atoms with van der Waals surface area (Å²) in [5.41, 5.74) is -0.470. The molecule has 0 unspecified atom stereocenters. The Labute approximate surface area is 203 Å². The number of anilines is 1. The fourth-order valence-corrected chi connectivity index (χ4v) is 6.67. The van der Waals surface area contributed by atoms with Crippen LogP contribution in [0.15, 0.2) is 71.2 Å². The van der Waals surface area contributed by atoms with Gasteiger partial charge in [0, 0.05) is 44.3 Å². The summed E-state index contributed by atoms with van der Waals surface area (Å²) in [5.74, 6) is -1.54. The monoisotopic (exact) mass is 520 g/mol. The van der Waals surface area contributed by atoms with Gasteiger partial charge in [-0.3, -0.25) is 19.3 Å². The predicted molar refractivity (Wildman–Crippen MR) is 129 cm³/mol. The standard InChI is InChI=1S/C26H18BrClN2O3/c1-30-13-20(14-6-8-15(27)9-7-14)25(22(31)17-4-2-3-5-18(17)23(25)32)26(30)19-12-16(28)10-11-21(19)29-24(26)33/h2-12,20H,13H2,1H3,(H,29,33)/t20-,26-/m1/s1. The number of Topliss-reactive ketones (excluding diaryl/α,β-unsaturated/α-hetero) is 2. The number of fused-ring (bicyclic) bond motifs is 4. The van der Waals surface area contributed by atoms with E-state index in [2.05, 4.69) is 21.2 Å². The summed E-state index contributed by atoms with van der Waals surface area (Å²) in [6.45, 7) is 0.354. The number of carbonyl (C=O) groups excluding carboxylic acids is 3. The fraction of sp³-hybridized carbons (Fsp3) is 0.192. The van der Waals surface area contributed by atoms with E-state index >= 15 is 0 Å². The lowest BCUT2D eigenvalue weighted by Gasteiger charge is -2.42. The Morgan fingerprint density at radius 2 is 1.61 bits per heavy atom. The highest BCUT2D eigenvalue weighted by Crippen LogP contribution is 2.66. The van der Waals surface area contributed by atoms with E-state index in [1.165, 1.54) is 0 Å². The third-order valence-electron chi connectivity index (χ3n) is 7.48. The number of halogens is 2. The minimum absolute atomic E-state index is 0.316. The van der Waals surface area contributed by atoms with Crippen molar-refractivity contribution < 1.29 is 14.4 Å². The zero-order valence-corrected chi connectivity index (χ0v) is 19.9. The van der Waals surface area contributed by atoms with Crippen molar-refractivity contribution in [1.29, 1.82) is 0 Å². The van der Waals surface area contributed by atoms with Gasteiger partial charge in [-0.05, 0) is 42.9 Å². The molecule has 3 aromatic carbocycles. The molecule has 0 radical (unpaired) electrons. The molecule has 2 heterocycles. The van der Waals surface area contributed by atoms with Crippen LogP contribution in [0, 0.1) is 5.41 Å². The second kappa shape index (κ2) is 6.86. The minimum Gasteiger partial charge on any atom is -0.324 e. The van der Waals surface area contributed by atoms with Crippen LogP contribution in [-0.2, 0) is 10.3 Å². The third kappa shape index (κ3) is 2.33.